The lowest BCUT2D eigenvalue weighted by atomic mass is 10.0. The molecule has 0 saturated carbocycles. The van der Waals surface area contributed by atoms with Crippen molar-refractivity contribution in [1.82, 2.24) is 0 Å². The molecule has 0 spiro atoms. The van der Waals surface area contributed by atoms with Crippen molar-refractivity contribution < 1.29 is 0 Å². The number of benzene rings is 2. The molecule has 17 heavy (non-hydrogen) atoms. The quantitative estimate of drug-likeness (QED) is 0.775. The first-order chi connectivity index (χ1) is 8.08. The Bertz CT molecular complexity index is 515. The molecule has 0 heterocycles. The van der Waals surface area contributed by atoms with E-state index in [4.69, 9.17) is 11.5 Å². The third-order valence-electron chi connectivity index (χ3n) is 2.77. The van der Waals surface area contributed by atoms with E-state index in [1.54, 1.807) is 0 Å². The Kier molecular flexibility index (Phi) is 2.91. The molecule has 2 aromatic rings. The topological polar surface area (TPSA) is 55.3 Å². The van der Waals surface area contributed by atoms with E-state index in [2.05, 4.69) is 6.07 Å². The Balaban J connectivity index is 2.43. The van der Waals surface area contributed by atoms with Gasteiger partial charge in [0.15, 0.2) is 0 Å². The normalized spacial score (nSPS) is 10.2. The fraction of sp³-hybridized carbons (Fsp3) is 0.143. The molecule has 0 fully saturated rings. The number of nitrogens with zero attached hydrogens (tertiary/aromatic N) is 1. The summed E-state index contributed by atoms with van der Waals surface area (Å²) in [5.41, 5.74) is 16.5. The lowest BCUT2D eigenvalue weighted by Gasteiger charge is -2.15. The molecule has 0 aliphatic carbocycles. The van der Waals surface area contributed by atoms with Crippen molar-refractivity contribution in [2.45, 2.75) is 0 Å². The maximum atomic E-state index is 6.07. The van der Waals surface area contributed by atoms with Crippen LogP contribution < -0.4 is 16.4 Å². The van der Waals surface area contributed by atoms with E-state index in [-0.39, 0.29) is 0 Å². The molecule has 0 amide bonds. The molecule has 0 aromatic heterocycles. The van der Waals surface area contributed by atoms with E-state index >= 15 is 0 Å². The highest BCUT2D eigenvalue weighted by molar-refractivity contribution is 5.79. The van der Waals surface area contributed by atoms with Gasteiger partial charge in [-0.25, -0.2) is 0 Å². The molecule has 0 unspecified atom stereocenters. The average molecular weight is 227 g/mol. The molecule has 0 aliphatic heterocycles. The van der Waals surface area contributed by atoms with Crippen molar-refractivity contribution in [3.63, 3.8) is 0 Å². The highest BCUT2D eigenvalue weighted by atomic mass is 15.1. The van der Waals surface area contributed by atoms with Crippen LogP contribution in [0.3, 0.4) is 0 Å². The molecule has 3 nitrogen and oxygen atoms in total. The van der Waals surface area contributed by atoms with Crippen LogP contribution in [-0.4, -0.2) is 14.1 Å². The number of hydrogen-bond acceptors (Lipinski definition) is 3. The van der Waals surface area contributed by atoms with Crippen LogP contribution in [0, 0.1) is 0 Å². The summed E-state index contributed by atoms with van der Waals surface area (Å²) >= 11 is 0. The summed E-state index contributed by atoms with van der Waals surface area (Å²) in [7, 11) is 4.00. The molecule has 3 heteroatoms. The smallest absolute Gasteiger partial charge is 0.0414 e. The molecule has 4 N–H and O–H groups in total. The Labute approximate surface area is 102 Å². The van der Waals surface area contributed by atoms with Gasteiger partial charge in [0.1, 0.15) is 0 Å². The second kappa shape index (κ2) is 4.37. The van der Waals surface area contributed by atoms with Crippen molar-refractivity contribution in [3.05, 3.63) is 42.5 Å². The van der Waals surface area contributed by atoms with Crippen molar-refractivity contribution in [2.24, 2.45) is 0 Å². The Morgan fingerprint density at radius 3 is 2.06 bits per heavy atom. The van der Waals surface area contributed by atoms with E-state index in [0.717, 1.165) is 28.2 Å². The highest BCUT2D eigenvalue weighted by Crippen LogP contribution is 2.29. The molecule has 0 radical (unpaired) electrons. The van der Waals surface area contributed by atoms with Gasteiger partial charge in [-0.1, -0.05) is 18.2 Å². The van der Waals surface area contributed by atoms with Crippen LogP contribution in [0.5, 0.6) is 0 Å². The van der Waals surface area contributed by atoms with Gasteiger partial charge in [-0.15, -0.1) is 0 Å². The summed E-state index contributed by atoms with van der Waals surface area (Å²) in [5, 5.41) is 0. The van der Waals surface area contributed by atoms with Crippen LogP contribution in [-0.2, 0) is 0 Å². The molecule has 0 bridgehead atoms. The third kappa shape index (κ3) is 2.33. The minimum Gasteiger partial charge on any atom is -0.399 e. The molecular weight excluding hydrogens is 210 g/mol. The van der Waals surface area contributed by atoms with Crippen molar-refractivity contribution in [3.8, 4) is 11.1 Å². The second-order valence-electron chi connectivity index (χ2n) is 4.29. The first kappa shape index (κ1) is 11.3. The zero-order valence-electron chi connectivity index (χ0n) is 10.1. The number of nitrogens with two attached hydrogens (primary N) is 2. The van der Waals surface area contributed by atoms with E-state index in [0.29, 0.717) is 0 Å². The van der Waals surface area contributed by atoms with Crippen molar-refractivity contribution in [1.29, 1.82) is 0 Å². The van der Waals surface area contributed by atoms with E-state index in [1.165, 1.54) is 0 Å². The third-order valence-corrected chi connectivity index (χ3v) is 2.77. The van der Waals surface area contributed by atoms with Gasteiger partial charge in [-0.05, 0) is 29.8 Å². The zero-order chi connectivity index (χ0) is 12.4. The van der Waals surface area contributed by atoms with Gasteiger partial charge in [0.2, 0.25) is 0 Å². The Morgan fingerprint density at radius 1 is 0.882 bits per heavy atom. The lowest BCUT2D eigenvalue weighted by Crippen LogP contribution is -2.08. The second-order valence-corrected chi connectivity index (χ2v) is 4.29. The van der Waals surface area contributed by atoms with Gasteiger partial charge in [-0.3, -0.25) is 0 Å². The van der Waals surface area contributed by atoms with Crippen LogP contribution >= 0.6 is 0 Å². The minimum atomic E-state index is 0.761. The predicted molar refractivity (Wildman–Crippen MR) is 75.0 cm³/mol. The predicted octanol–water partition coefficient (Wildman–Crippen LogP) is 2.58. The fourth-order valence-corrected chi connectivity index (χ4v) is 1.75. The molecule has 0 aliphatic rings. The maximum Gasteiger partial charge on any atom is 0.0414 e. The molecule has 2 aromatic carbocycles. The number of anilines is 3. The van der Waals surface area contributed by atoms with Crippen LogP contribution in [0.4, 0.5) is 17.1 Å². The first-order valence-electron chi connectivity index (χ1n) is 5.50. The van der Waals surface area contributed by atoms with Crippen molar-refractivity contribution >= 4 is 17.1 Å². The maximum absolute atomic E-state index is 6.07. The van der Waals surface area contributed by atoms with Gasteiger partial charge in [0.25, 0.3) is 0 Å². The van der Waals surface area contributed by atoms with Crippen LogP contribution in [0.15, 0.2) is 42.5 Å². The Morgan fingerprint density at radius 2 is 1.53 bits per heavy atom. The lowest BCUT2D eigenvalue weighted by molar-refractivity contribution is 1.13. The van der Waals surface area contributed by atoms with E-state index in [1.807, 2.05) is 55.4 Å². The van der Waals surface area contributed by atoms with Crippen LogP contribution in [0.1, 0.15) is 0 Å². The van der Waals surface area contributed by atoms with Gasteiger partial charge >= 0.3 is 0 Å². The summed E-state index contributed by atoms with van der Waals surface area (Å²) in [4.78, 5) is 2.03. The summed E-state index contributed by atoms with van der Waals surface area (Å²) < 4.78 is 0. The summed E-state index contributed by atoms with van der Waals surface area (Å²) in [6.45, 7) is 0. The number of rotatable bonds is 2. The van der Waals surface area contributed by atoms with Crippen LogP contribution in [0.2, 0.25) is 0 Å². The summed E-state index contributed by atoms with van der Waals surface area (Å²) in [6, 6.07) is 13.8. The van der Waals surface area contributed by atoms with E-state index in [9.17, 15) is 0 Å². The average Bonchev–Trinajstić information content (AvgIpc) is 2.30. The standard InChI is InChI=1S/C14H17N3/c1-17(2)12-7-8-13(14(16)9-12)10-3-5-11(15)6-4-10/h3-9H,15-16H2,1-2H3. The molecule has 88 valence electrons. The summed E-state index contributed by atoms with van der Waals surface area (Å²) in [5.74, 6) is 0. The highest BCUT2D eigenvalue weighted by Gasteiger charge is 2.04. The fourth-order valence-electron chi connectivity index (χ4n) is 1.75. The molecule has 0 atom stereocenters. The molecular formula is C14H17N3. The van der Waals surface area contributed by atoms with E-state index < -0.39 is 0 Å². The van der Waals surface area contributed by atoms with Crippen LogP contribution in [0.25, 0.3) is 11.1 Å². The van der Waals surface area contributed by atoms with Gasteiger partial charge in [-0.2, -0.15) is 0 Å². The zero-order valence-corrected chi connectivity index (χ0v) is 10.1. The van der Waals surface area contributed by atoms with Gasteiger partial charge < -0.3 is 16.4 Å². The largest absolute Gasteiger partial charge is 0.399 e. The molecule has 2 rings (SSSR count). The SMILES string of the molecule is CN(C)c1ccc(-c2ccc(N)cc2)c(N)c1. The number of hydrogen-bond donors (Lipinski definition) is 2. The monoisotopic (exact) mass is 227 g/mol. The molecule has 0 saturated heterocycles. The van der Waals surface area contributed by atoms with Gasteiger partial charge in [0, 0.05) is 36.7 Å². The first-order valence-corrected chi connectivity index (χ1v) is 5.50. The summed E-state index contributed by atoms with van der Waals surface area (Å²) in [6.07, 6.45) is 0. The minimum absolute atomic E-state index is 0.761. The Hall–Kier alpha value is -2.16. The van der Waals surface area contributed by atoms with Crippen molar-refractivity contribution in [2.75, 3.05) is 30.5 Å². The number of nitrogen functional groups attached to an aromatic ring is 2. The van der Waals surface area contributed by atoms with Gasteiger partial charge in [0.05, 0.1) is 0 Å².